The number of carbonyl (C=O) groups is 1. The van der Waals surface area contributed by atoms with Crippen molar-refractivity contribution in [3.63, 3.8) is 0 Å². The zero-order valence-corrected chi connectivity index (χ0v) is 17.0. The summed E-state index contributed by atoms with van der Waals surface area (Å²) in [5, 5.41) is 12.6. The van der Waals surface area contributed by atoms with Crippen LogP contribution in [0.3, 0.4) is 0 Å². The number of hydrogen-bond donors (Lipinski definition) is 2. The zero-order chi connectivity index (χ0) is 20.2. The third-order valence-corrected chi connectivity index (χ3v) is 5.85. The largest absolute Gasteiger partial charge is 0.481 e. The maximum Gasteiger partial charge on any atom is 0.306 e. The third kappa shape index (κ3) is 4.78. The second kappa shape index (κ2) is 8.68. The first-order valence-corrected chi connectivity index (χ1v) is 10.5. The van der Waals surface area contributed by atoms with Gasteiger partial charge in [0.15, 0.2) is 0 Å². The highest BCUT2D eigenvalue weighted by Gasteiger charge is 2.25. The number of nitrogens with one attached hydrogen (secondary N) is 1. The lowest BCUT2D eigenvalue weighted by molar-refractivity contribution is -0.142. The van der Waals surface area contributed by atoms with Gasteiger partial charge >= 0.3 is 5.97 Å². The van der Waals surface area contributed by atoms with Crippen molar-refractivity contribution in [2.75, 3.05) is 41.3 Å². The number of aryl methyl sites for hydroxylation is 1. The summed E-state index contributed by atoms with van der Waals surface area (Å²) >= 11 is 0. The number of rotatable bonds is 5. The molecule has 154 valence electrons. The van der Waals surface area contributed by atoms with Gasteiger partial charge in [-0.25, -0.2) is 9.97 Å². The van der Waals surface area contributed by atoms with E-state index in [-0.39, 0.29) is 5.92 Å². The molecule has 0 aliphatic carbocycles. The van der Waals surface area contributed by atoms with Crippen molar-refractivity contribution in [3.8, 4) is 0 Å². The summed E-state index contributed by atoms with van der Waals surface area (Å²) in [5.74, 6) is 1.38. The molecule has 0 bridgehead atoms. The molecular weight excluding hydrogens is 366 g/mol. The van der Waals surface area contributed by atoms with Crippen molar-refractivity contribution >= 4 is 29.0 Å². The number of anilines is 4. The van der Waals surface area contributed by atoms with Gasteiger partial charge < -0.3 is 20.2 Å². The van der Waals surface area contributed by atoms with Gasteiger partial charge in [-0.1, -0.05) is 0 Å². The van der Waals surface area contributed by atoms with E-state index in [0.717, 1.165) is 30.4 Å². The fourth-order valence-corrected chi connectivity index (χ4v) is 4.19. The van der Waals surface area contributed by atoms with E-state index in [4.69, 9.17) is 0 Å². The van der Waals surface area contributed by atoms with E-state index < -0.39 is 5.97 Å². The standard InChI is InChI=1S/C22H29N5O2/c1-16-23-20(15-21(24-16)27-13-9-17(10-14-27)22(28)29)25-18-5-7-19(8-6-18)26-11-3-2-4-12-26/h5-8,15,17H,2-4,9-14H2,1H3,(H,28,29)(H,23,24,25). The molecule has 2 fully saturated rings. The van der Waals surface area contributed by atoms with Gasteiger partial charge in [0.05, 0.1) is 5.92 Å². The summed E-state index contributed by atoms with van der Waals surface area (Å²) in [6.45, 7) is 5.58. The number of aromatic nitrogens is 2. The number of benzene rings is 1. The van der Waals surface area contributed by atoms with Crippen LogP contribution in [0.4, 0.5) is 23.0 Å². The van der Waals surface area contributed by atoms with Crippen molar-refractivity contribution in [3.05, 3.63) is 36.2 Å². The van der Waals surface area contributed by atoms with E-state index in [1.165, 1.54) is 24.9 Å². The third-order valence-electron chi connectivity index (χ3n) is 5.85. The number of piperidine rings is 2. The van der Waals surface area contributed by atoms with Crippen LogP contribution in [0, 0.1) is 12.8 Å². The minimum Gasteiger partial charge on any atom is -0.481 e. The Morgan fingerprint density at radius 3 is 2.34 bits per heavy atom. The molecule has 0 unspecified atom stereocenters. The Morgan fingerprint density at radius 2 is 1.69 bits per heavy atom. The first kappa shape index (κ1) is 19.5. The fraction of sp³-hybridized carbons (Fsp3) is 0.500. The predicted molar refractivity (Wildman–Crippen MR) is 115 cm³/mol. The normalized spacial score (nSPS) is 18.0. The lowest BCUT2D eigenvalue weighted by Crippen LogP contribution is -2.36. The van der Waals surface area contributed by atoms with Gasteiger partial charge in [-0.15, -0.1) is 0 Å². The van der Waals surface area contributed by atoms with E-state index in [1.807, 2.05) is 13.0 Å². The van der Waals surface area contributed by atoms with Crippen LogP contribution in [0.1, 0.15) is 37.9 Å². The van der Waals surface area contributed by atoms with Gasteiger partial charge in [0, 0.05) is 43.6 Å². The van der Waals surface area contributed by atoms with Crippen LogP contribution >= 0.6 is 0 Å². The smallest absolute Gasteiger partial charge is 0.306 e. The Hall–Kier alpha value is -2.83. The number of aliphatic carboxylic acids is 1. The maximum absolute atomic E-state index is 11.2. The number of nitrogens with zero attached hydrogens (tertiary/aromatic N) is 4. The Labute approximate surface area is 171 Å². The molecule has 4 rings (SSSR count). The summed E-state index contributed by atoms with van der Waals surface area (Å²) in [7, 11) is 0. The average molecular weight is 396 g/mol. The van der Waals surface area contributed by atoms with Crippen LogP contribution in [0.25, 0.3) is 0 Å². The summed E-state index contributed by atoms with van der Waals surface area (Å²) in [5.41, 5.74) is 2.27. The van der Waals surface area contributed by atoms with Gasteiger partial charge in [0.25, 0.3) is 0 Å². The lowest BCUT2D eigenvalue weighted by Gasteiger charge is -2.31. The van der Waals surface area contributed by atoms with Crippen molar-refractivity contribution < 1.29 is 9.90 Å². The molecule has 0 saturated carbocycles. The van der Waals surface area contributed by atoms with Crippen LogP contribution in [-0.2, 0) is 4.79 Å². The van der Waals surface area contributed by atoms with Crippen molar-refractivity contribution in [2.45, 2.75) is 39.0 Å². The molecule has 0 radical (unpaired) electrons. The van der Waals surface area contributed by atoms with Crippen molar-refractivity contribution in [1.82, 2.24) is 9.97 Å². The molecule has 0 amide bonds. The van der Waals surface area contributed by atoms with Gasteiger partial charge in [-0.3, -0.25) is 4.79 Å². The Morgan fingerprint density at radius 1 is 1.00 bits per heavy atom. The summed E-state index contributed by atoms with van der Waals surface area (Å²) in [4.78, 5) is 24.9. The summed E-state index contributed by atoms with van der Waals surface area (Å²) in [6, 6.07) is 10.5. The molecule has 1 aromatic carbocycles. The van der Waals surface area contributed by atoms with Crippen LogP contribution in [0.15, 0.2) is 30.3 Å². The van der Waals surface area contributed by atoms with E-state index in [9.17, 15) is 9.90 Å². The minimum atomic E-state index is -0.695. The van der Waals surface area contributed by atoms with E-state index in [1.54, 1.807) is 0 Å². The molecule has 7 nitrogen and oxygen atoms in total. The Kier molecular flexibility index (Phi) is 5.83. The first-order chi connectivity index (χ1) is 14.1. The van der Waals surface area contributed by atoms with Gasteiger partial charge in [-0.05, 0) is 63.3 Å². The molecule has 2 aromatic rings. The molecular formula is C22H29N5O2. The van der Waals surface area contributed by atoms with Crippen molar-refractivity contribution in [2.24, 2.45) is 5.92 Å². The zero-order valence-electron chi connectivity index (χ0n) is 17.0. The molecule has 2 N–H and O–H groups in total. The van der Waals surface area contributed by atoms with Crippen LogP contribution < -0.4 is 15.1 Å². The minimum absolute atomic E-state index is 0.245. The monoisotopic (exact) mass is 395 g/mol. The fourth-order valence-electron chi connectivity index (χ4n) is 4.19. The predicted octanol–water partition coefficient (Wildman–Crippen LogP) is 3.82. The summed E-state index contributed by atoms with van der Waals surface area (Å²) in [6.07, 6.45) is 5.18. The Balaban J connectivity index is 1.43. The van der Waals surface area contributed by atoms with Crippen LogP contribution in [0.2, 0.25) is 0 Å². The molecule has 2 aliphatic rings. The molecule has 0 atom stereocenters. The topological polar surface area (TPSA) is 81.6 Å². The quantitative estimate of drug-likeness (QED) is 0.796. The van der Waals surface area contributed by atoms with Gasteiger partial charge in [0.1, 0.15) is 17.5 Å². The highest BCUT2D eigenvalue weighted by molar-refractivity contribution is 5.70. The second-order valence-corrected chi connectivity index (χ2v) is 7.98. The van der Waals surface area contributed by atoms with Crippen molar-refractivity contribution in [1.29, 1.82) is 0 Å². The molecule has 2 aliphatic heterocycles. The highest BCUT2D eigenvalue weighted by Crippen LogP contribution is 2.26. The van der Waals surface area contributed by atoms with E-state index >= 15 is 0 Å². The molecule has 29 heavy (non-hydrogen) atoms. The lowest BCUT2D eigenvalue weighted by atomic mass is 9.97. The SMILES string of the molecule is Cc1nc(Nc2ccc(N3CCCCC3)cc2)cc(N2CCC(C(=O)O)CC2)n1. The second-order valence-electron chi connectivity index (χ2n) is 7.98. The number of carboxylic acids is 1. The average Bonchev–Trinajstić information content (AvgIpc) is 2.74. The Bertz CT molecular complexity index is 841. The van der Waals surface area contributed by atoms with Gasteiger partial charge in [0.2, 0.25) is 0 Å². The molecule has 7 heteroatoms. The highest BCUT2D eigenvalue weighted by atomic mass is 16.4. The first-order valence-electron chi connectivity index (χ1n) is 10.5. The number of carboxylic acid groups (broad SMARTS) is 1. The van der Waals surface area contributed by atoms with E-state index in [2.05, 4.69) is 49.4 Å². The van der Waals surface area contributed by atoms with E-state index in [0.29, 0.717) is 31.8 Å². The van der Waals surface area contributed by atoms with Gasteiger partial charge in [-0.2, -0.15) is 0 Å². The maximum atomic E-state index is 11.2. The molecule has 2 saturated heterocycles. The summed E-state index contributed by atoms with van der Waals surface area (Å²) < 4.78 is 0. The van der Waals surface area contributed by atoms with Crippen LogP contribution in [-0.4, -0.2) is 47.2 Å². The van der Waals surface area contributed by atoms with Crippen LogP contribution in [0.5, 0.6) is 0 Å². The molecule has 1 aromatic heterocycles. The molecule has 3 heterocycles. The number of hydrogen-bond acceptors (Lipinski definition) is 6. The molecule has 0 spiro atoms.